The Balaban J connectivity index is 2.33. The SMILES string of the molecule is CCC(Sc1cccc2nccn12)C(=O)O. The van der Waals surface area contributed by atoms with Crippen LogP contribution in [0.4, 0.5) is 0 Å². The summed E-state index contributed by atoms with van der Waals surface area (Å²) < 4.78 is 1.90. The van der Waals surface area contributed by atoms with Crippen LogP contribution in [0.2, 0.25) is 0 Å². The van der Waals surface area contributed by atoms with Gasteiger partial charge in [-0.2, -0.15) is 0 Å². The molecule has 16 heavy (non-hydrogen) atoms. The summed E-state index contributed by atoms with van der Waals surface area (Å²) >= 11 is 1.35. The first kappa shape index (κ1) is 11.0. The molecule has 2 aromatic rings. The zero-order valence-corrected chi connectivity index (χ0v) is 9.65. The van der Waals surface area contributed by atoms with Crippen molar-refractivity contribution in [3.63, 3.8) is 0 Å². The second-order valence-electron chi connectivity index (χ2n) is 3.37. The number of imidazole rings is 1. The van der Waals surface area contributed by atoms with Gasteiger partial charge in [-0.3, -0.25) is 9.20 Å². The number of aliphatic carboxylic acids is 1. The van der Waals surface area contributed by atoms with E-state index in [0.717, 1.165) is 10.7 Å². The summed E-state index contributed by atoms with van der Waals surface area (Å²) in [6.45, 7) is 1.87. The predicted octanol–water partition coefficient (Wildman–Crippen LogP) is 2.29. The topological polar surface area (TPSA) is 54.6 Å². The summed E-state index contributed by atoms with van der Waals surface area (Å²) in [6.07, 6.45) is 4.15. The van der Waals surface area contributed by atoms with Gasteiger partial charge in [-0.15, -0.1) is 0 Å². The lowest BCUT2D eigenvalue weighted by Crippen LogP contribution is -2.15. The molecule has 84 valence electrons. The molecular formula is C11H12N2O2S. The number of fused-ring (bicyclic) bond motifs is 1. The minimum atomic E-state index is -0.774. The van der Waals surface area contributed by atoms with Gasteiger partial charge in [0.2, 0.25) is 0 Å². The first-order valence-corrected chi connectivity index (χ1v) is 5.92. The quantitative estimate of drug-likeness (QED) is 0.827. The van der Waals surface area contributed by atoms with Crippen LogP contribution < -0.4 is 0 Å². The van der Waals surface area contributed by atoms with Gasteiger partial charge in [0.1, 0.15) is 10.9 Å². The van der Waals surface area contributed by atoms with E-state index in [1.807, 2.05) is 35.7 Å². The molecule has 1 atom stereocenters. The Kier molecular flexibility index (Phi) is 3.14. The van der Waals surface area contributed by atoms with Gasteiger partial charge in [-0.25, -0.2) is 4.98 Å². The average Bonchev–Trinajstić information content (AvgIpc) is 2.73. The van der Waals surface area contributed by atoms with E-state index in [-0.39, 0.29) is 0 Å². The third kappa shape index (κ3) is 2.04. The average molecular weight is 236 g/mol. The number of thioether (sulfide) groups is 1. The molecular weight excluding hydrogens is 224 g/mol. The molecule has 1 N–H and O–H groups in total. The Hall–Kier alpha value is -1.49. The Morgan fingerprint density at radius 3 is 3.12 bits per heavy atom. The zero-order valence-electron chi connectivity index (χ0n) is 8.83. The van der Waals surface area contributed by atoms with E-state index in [0.29, 0.717) is 6.42 Å². The minimum absolute atomic E-state index is 0.409. The molecule has 0 amide bonds. The van der Waals surface area contributed by atoms with E-state index >= 15 is 0 Å². The van der Waals surface area contributed by atoms with Crippen LogP contribution in [-0.2, 0) is 4.79 Å². The summed E-state index contributed by atoms with van der Waals surface area (Å²) in [5.41, 5.74) is 0.838. The maximum Gasteiger partial charge on any atom is 0.317 e. The van der Waals surface area contributed by atoms with Gasteiger partial charge in [0.05, 0.1) is 5.03 Å². The summed E-state index contributed by atoms with van der Waals surface area (Å²) in [5.74, 6) is -0.774. The lowest BCUT2D eigenvalue weighted by molar-refractivity contribution is -0.136. The highest BCUT2D eigenvalue weighted by Gasteiger charge is 2.17. The third-order valence-corrected chi connectivity index (χ3v) is 3.69. The molecule has 0 saturated heterocycles. The van der Waals surface area contributed by atoms with Gasteiger partial charge in [0.25, 0.3) is 0 Å². The fraction of sp³-hybridized carbons (Fsp3) is 0.273. The summed E-state index contributed by atoms with van der Waals surface area (Å²) in [7, 11) is 0. The zero-order chi connectivity index (χ0) is 11.5. The van der Waals surface area contributed by atoms with E-state index in [1.54, 1.807) is 6.20 Å². The first-order chi connectivity index (χ1) is 7.72. The number of aromatic nitrogens is 2. The van der Waals surface area contributed by atoms with E-state index in [4.69, 9.17) is 5.11 Å². The molecule has 2 aromatic heterocycles. The molecule has 0 aliphatic rings. The van der Waals surface area contributed by atoms with Crippen LogP contribution in [0, 0.1) is 0 Å². The molecule has 0 bridgehead atoms. The van der Waals surface area contributed by atoms with E-state index < -0.39 is 11.2 Å². The van der Waals surface area contributed by atoms with Crippen molar-refractivity contribution in [1.82, 2.24) is 9.38 Å². The van der Waals surface area contributed by atoms with Crippen LogP contribution in [0.5, 0.6) is 0 Å². The number of carboxylic acid groups (broad SMARTS) is 1. The fourth-order valence-electron chi connectivity index (χ4n) is 1.47. The van der Waals surface area contributed by atoms with Crippen molar-refractivity contribution < 1.29 is 9.90 Å². The highest BCUT2D eigenvalue weighted by atomic mass is 32.2. The van der Waals surface area contributed by atoms with Crippen LogP contribution >= 0.6 is 11.8 Å². The molecule has 0 fully saturated rings. The van der Waals surface area contributed by atoms with Crippen molar-refractivity contribution >= 4 is 23.4 Å². The summed E-state index contributed by atoms with van der Waals surface area (Å²) in [4.78, 5) is 15.1. The Labute approximate surface area is 97.3 Å². The molecule has 0 aromatic carbocycles. The standard InChI is InChI=1S/C11H12N2O2S/c1-2-8(11(14)15)16-10-5-3-4-9-12-6-7-13(9)10/h3-8H,2H2,1H3,(H,14,15). The molecule has 0 aliphatic heterocycles. The fourth-order valence-corrected chi connectivity index (χ4v) is 2.46. The van der Waals surface area contributed by atoms with Crippen molar-refractivity contribution in [2.45, 2.75) is 23.6 Å². The van der Waals surface area contributed by atoms with Crippen molar-refractivity contribution in [3.8, 4) is 0 Å². The number of carboxylic acids is 1. The van der Waals surface area contributed by atoms with Gasteiger partial charge in [0, 0.05) is 12.4 Å². The van der Waals surface area contributed by atoms with Gasteiger partial charge < -0.3 is 5.11 Å². The molecule has 1 unspecified atom stereocenters. The summed E-state index contributed by atoms with van der Waals surface area (Å²) in [6, 6.07) is 5.69. The van der Waals surface area contributed by atoms with E-state index in [2.05, 4.69) is 4.98 Å². The van der Waals surface area contributed by atoms with Crippen LogP contribution in [0.3, 0.4) is 0 Å². The highest BCUT2D eigenvalue weighted by molar-refractivity contribution is 8.00. The lowest BCUT2D eigenvalue weighted by Gasteiger charge is -2.10. The number of pyridine rings is 1. The first-order valence-electron chi connectivity index (χ1n) is 5.04. The van der Waals surface area contributed by atoms with Crippen LogP contribution in [0.15, 0.2) is 35.6 Å². The minimum Gasteiger partial charge on any atom is -0.480 e. The molecule has 0 spiro atoms. The van der Waals surface area contributed by atoms with Crippen molar-refractivity contribution in [2.75, 3.05) is 0 Å². The molecule has 0 radical (unpaired) electrons. The van der Waals surface area contributed by atoms with Crippen LogP contribution in [0.1, 0.15) is 13.3 Å². The van der Waals surface area contributed by atoms with Crippen molar-refractivity contribution in [2.24, 2.45) is 0 Å². The molecule has 2 rings (SSSR count). The van der Waals surface area contributed by atoms with Crippen molar-refractivity contribution in [3.05, 3.63) is 30.6 Å². The molecule has 0 saturated carbocycles. The predicted molar refractivity (Wildman–Crippen MR) is 62.8 cm³/mol. The maximum absolute atomic E-state index is 11.0. The number of carbonyl (C=O) groups is 1. The molecule has 4 nitrogen and oxygen atoms in total. The normalized spacial score (nSPS) is 12.8. The van der Waals surface area contributed by atoms with Gasteiger partial charge in [-0.05, 0) is 18.6 Å². The Bertz CT molecular complexity index is 509. The highest BCUT2D eigenvalue weighted by Crippen LogP contribution is 2.26. The van der Waals surface area contributed by atoms with E-state index in [1.165, 1.54) is 11.8 Å². The van der Waals surface area contributed by atoms with Gasteiger partial charge in [-0.1, -0.05) is 24.8 Å². The van der Waals surface area contributed by atoms with Gasteiger partial charge in [0.15, 0.2) is 0 Å². The second kappa shape index (κ2) is 4.57. The molecule has 0 aliphatic carbocycles. The molecule has 5 heteroatoms. The number of nitrogens with zero attached hydrogens (tertiary/aromatic N) is 2. The largest absolute Gasteiger partial charge is 0.480 e. The monoisotopic (exact) mass is 236 g/mol. The number of hydrogen-bond acceptors (Lipinski definition) is 3. The smallest absolute Gasteiger partial charge is 0.317 e. The Morgan fingerprint density at radius 1 is 1.62 bits per heavy atom. The number of rotatable bonds is 4. The van der Waals surface area contributed by atoms with Gasteiger partial charge >= 0.3 is 5.97 Å². The van der Waals surface area contributed by atoms with Crippen molar-refractivity contribution in [1.29, 1.82) is 0 Å². The lowest BCUT2D eigenvalue weighted by atomic mass is 10.3. The third-order valence-electron chi connectivity index (χ3n) is 2.30. The maximum atomic E-state index is 11.0. The van der Waals surface area contributed by atoms with Crippen LogP contribution in [0.25, 0.3) is 5.65 Å². The molecule has 2 heterocycles. The summed E-state index contributed by atoms with van der Waals surface area (Å²) in [5, 5.41) is 9.51. The second-order valence-corrected chi connectivity index (χ2v) is 4.60. The van der Waals surface area contributed by atoms with Crippen LogP contribution in [-0.4, -0.2) is 25.7 Å². The Morgan fingerprint density at radius 2 is 2.44 bits per heavy atom. The number of hydrogen-bond donors (Lipinski definition) is 1. The van der Waals surface area contributed by atoms with E-state index in [9.17, 15) is 4.79 Å².